The molecule has 0 spiro atoms. The molecule has 1 N–H and O–H groups in total. The molecule has 1 aromatic heterocycles. The number of likely N-dealkylation sites (N-methyl/N-ethyl adjacent to an activating group) is 1. The van der Waals surface area contributed by atoms with Crippen molar-refractivity contribution in [3.05, 3.63) is 76.3 Å². The number of carbonyl (C=O) groups excluding carboxylic acids is 2. The van der Waals surface area contributed by atoms with Crippen LogP contribution in [-0.4, -0.2) is 58.5 Å². The summed E-state index contributed by atoms with van der Waals surface area (Å²) in [5.74, 6) is 0.180. The van der Waals surface area contributed by atoms with E-state index >= 15 is 0 Å². The topological polar surface area (TPSA) is 85.6 Å². The van der Waals surface area contributed by atoms with Crippen LogP contribution in [0.15, 0.2) is 59.4 Å². The maximum Gasteiger partial charge on any atom is 0.329 e. The fourth-order valence-electron chi connectivity index (χ4n) is 5.06. The standard InChI is InChI=1S/C29H36N4O4/c1-20(2)30-26(35)19-37-25-14-8-10-22(16-25)17-32-27(21(3)34)28(23-11-6-5-7-12-23)33(29(32)36)24-13-9-15-31(4)18-24/h5-8,10-12,14,16,20,24H,9,13,15,17-19H2,1-4H3,(H,30,35). The van der Waals surface area contributed by atoms with Gasteiger partial charge in [0.25, 0.3) is 5.91 Å². The van der Waals surface area contributed by atoms with Crippen LogP contribution in [0.4, 0.5) is 0 Å². The van der Waals surface area contributed by atoms with E-state index in [2.05, 4.69) is 17.3 Å². The van der Waals surface area contributed by atoms with Crippen molar-refractivity contribution in [2.24, 2.45) is 0 Å². The summed E-state index contributed by atoms with van der Waals surface area (Å²) in [5, 5.41) is 2.80. The monoisotopic (exact) mass is 504 g/mol. The maximum absolute atomic E-state index is 14.0. The Balaban J connectivity index is 1.73. The highest BCUT2D eigenvalue weighted by atomic mass is 16.5. The van der Waals surface area contributed by atoms with E-state index in [9.17, 15) is 14.4 Å². The van der Waals surface area contributed by atoms with Gasteiger partial charge in [0.05, 0.1) is 18.3 Å². The van der Waals surface area contributed by atoms with Crippen molar-refractivity contribution in [2.45, 2.75) is 52.2 Å². The van der Waals surface area contributed by atoms with Crippen LogP contribution in [0.5, 0.6) is 5.75 Å². The molecule has 1 fully saturated rings. The van der Waals surface area contributed by atoms with Crippen molar-refractivity contribution in [2.75, 3.05) is 26.7 Å². The summed E-state index contributed by atoms with van der Waals surface area (Å²) in [4.78, 5) is 41.2. The van der Waals surface area contributed by atoms with E-state index in [-0.39, 0.29) is 42.6 Å². The van der Waals surface area contributed by atoms with Crippen LogP contribution in [-0.2, 0) is 11.3 Å². The van der Waals surface area contributed by atoms with Gasteiger partial charge in [0.1, 0.15) is 11.4 Å². The minimum atomic E-state index is -0.197. The molecule has 1 atom stereocenters. The molecular weight excluding hydrogens is 468 g/mol. The number of ether oxygens (including phenoxy) is 1. The molecular formula is C29H36N4O4. The number of likely N-dealkylation sites (tertiary alicyclic amines) is 1. The number of imidazole rings is 1. The number of ketones is 1. The summed E-state index contributed by atoms with van der Waals surface area (Å²) in [6.07, 6.45) is 1.87. The average Bonchev–Trinajstić information content (AvgIpc) is 3.15. The zero-order valence-electron chi connectivity index (χ0n) is 22.1. The van der Waals surface area contributed by atoms with Crippen LogP contribution in [0.2, 0.25) is 0 Å². The normalized spacial score (nSPS) is 16.1. The van der Waals surface area contributed by atoms with Crippen LogP contribution >= 0.6 is 0 Å². The van der Waals surface area contributed by atoms with Gasteiger partial charge < -0.3 is 15.0 Å². The minimum absolute atomic E-state index is 0.0186. The Morgan fingerprint density at radius 2 is 1.86 bits per heavy atom. The van der Waals surface area contributed by atoms with E-state index in [1.165, 1.54) is 6.92 Å². The summed E-state index contributed by atoms with van der Waals surface area (Å²) in [7, 11) is 2.06. The molecule has 4 rings (SSSR count). The van der Waals surface area contributed by atoms with Gasteiger partial charge in [-0.05, 0) is 58.0 Å². The smallest absolute Gasteiger partial charge is 0.329 e. The molecule has 1 unspecified atom stereocenters. The van der Waals surface area contributed by atoms with Crippen molar-refractivity contribution in [3.8, 4) is 17.0 Å². The molecule has 2 aromatic carbocycles. The highest BCUT2D eigenvalue weighted by molar-refractivity contribution is 5.98. The number of hydrogen-bond acceptors (Lipinski definition) is 5. The number of amides is 1. The lowest BCUT2D eigenvalue weighted by Gasteiger charge is -2.31. The van der Waals surface area contributed by atoms with E-state index in [4.69, 9.17) is 4.74 Å². The average molecular weight is 505 g/mol. The Morgan fingerprint density at radius 3 is 2.54 bits per heavy atom. The lowest BCUT2D eigenvalue weighted by atomic mass is 10.0. The van der Waals surface area contributed by atoms with Crippen molar-refractivity contribution in [1.29, 1.82) is 0 Å². The Kier molecular flexibility index (Phi) is 8.28. The lowest BCUT2D eigenvalue weighted by Crippen LogP contribution is -2.38. The van der Waals surface area contributed by atoms with Crippen molar-refractivity contribution < 1.29 is 14.3 Å². The van der Waals surface area contributed by atoms with Crippen molar-refractivity contribution in [1.82, 2.24) is 19.4 Å². The predicted molar refractivity (Wildman–Crippen MR) is 144 cm³/mol. The van der Waals surface area contributed by atoms with Crippen LogP contribution in [0.1, 0.15) is 55.7 Å². The Labute approximate surface area is 217 Å². The fourth-order valence-corrected chi connectivity index (χ4v) is 5.06. The first-order chi connectivity index (χ1) is 17.7. The SMILES string of the molecule is CC(=O)c1c(-c2ccccc2)n(C2CCCN(C)C2)c(=O)n1Cc1cccc(OCC(=O)NC(C)C)c1. The van der Waals surface area contributed by atoms with E-state index in [1.807, 2.05) is 66.9 Å². The highest BCUT2D eigenvalue weighted by Gasteiger charge is 2.30. The summed E-state index contributed by atoms with van der Waals surface area (Å²) >= 11 is 0. The second kappa shape index (κ2) is 11.6. The van der Waals surface area contributed by atoms with Gasteiger partial charge in [0.15, 0.2) is 12.4 Å². The largest absolute Gasteiger partial charge is 0.484 e. The first-order valence-corrected chi connectivity index (χ1v) is 12.9. The Bertz CT molecular complexity index is 1310. The van der Waals surface area contributed by atoms with E-state index < -0.39 is 0 Å². The number of piperidine rings is 1. The van der Waals surface area contributed by atoms with E-state index in [0.717, 1.165) is 37.1 Å². The number of hydrogen-bond donors (Lipinski definition) is 1. The molecule has 37 heavy (non-hydrogen) atoms. The second-order valence-electron chi connectivity index (χ2n) is 10.1. The molecule has 0 bridgehead atoms. The minimum Gasteiger partial charge on any atom is -0.484 e. The van der Waals surface area contributed by atoms with Gasteiger partial charge in [-0.2, -0.15) is 0 Å². The van der Waals surface area contributed by atoms with E-state index in [1.54, 1.807) is 10.6 Å². The number of Topliss-reactive ketones (excluding diaryl/α,β-unsaturated/α-hetero) is 1. The van der Waals surface area contributed by atoms with Gasteiger partial charge in [0, 0.05) is 25.1 Å². The molecule has 3 aromatic rings. The first kappa shape index (κ1) is 26.4. The summed E-state index contributed by atoms with van der Waals surface area (Å²) in [6, 6.07) is 17.0. The number of carbonyl (C=O) groups is 2. The van der Waals surface area contributed by atoms with Crippen molar-refractivity contribution in [3.63, 3.8) is 0 Å². The molecule has 2 heterocycles. The Morgan fingerprint density at radius 1 is 1.11 bits per heavy atom. The molecule has 196 valence electrons. The number of benzene rings is 2. The molecule has 0 radical (unpaired) electrons. The summed E-state index contributed by atoms with van der Waals surface area (Å²) < 4.78 is 9.10. The molecule has 8 heteroatoms. The third kappa shape index (κ3) is 6.20. The third-order valence-electron chi connectivity index (χ3n) is 6.58. The number of nitrogens with one attached hydrogen (secondary N) is 1. The third-order valence-corrected chi connectivity index (χ3v) is 6.58. The molecule has 1 aliphatic heterocycles. The predicted octanol–water partition coefficient (Wildman–Crippen LogP) is 3.74. The van der Waals surface area contributed by atoms with Gasteiger partial charge in [-0.25, -0.2) is 4.79 Å². The molecule has 0 saturated carbocycles. The Hall–Kier alpha value is -3.65. The molecule has 8 nitrogen and oxygen atoms in total. The maximum atomic E-state index is 14.0. The van der Waals surface area contributed by atoms with Crippen LogP contribution in [0.25, 0.3) is 11.3 Å². The molecule has 1 saturated heterocycles. The van der Waals surface area contributed by atoms with Crippen LogP contribution < -0.4 is 15.7 Å². The number of nitrogens with zero attached hydrogens (tertiary/aromatic N) is 3. The summed E-state index contributed by atoms with van der Waals surface area (Å²) in [5.41, 5.74) is 2.56. The second-order valence-corrected chi connectivity index (χ2v) is 10.1. The zero-order valence-corrected chi connectivity index (χ0v) is 22.1. The highest BCUT2D eigenvalue weighted by Crippen LogP contribution is 2.30. The molecule has 0 aliphatic carbocycles. The van der Waals surface area contributed by atoms with Gasteiger partial charge in [-0.3, -0.25) is 18.7 Å². The fraction of sp³-hybridized carbons (Fsp3) is 0.414. The van der Waals surface area contributed by atoms with E-state index in [0.29, 0.717) is 17.1 Å². The van der Waals surface area contributed by atoms with Crippen LogP contribution in [0, 0.1) is 0 Å². The number of aromatic nitrogens is 2. The lowest BCUT2D eigenvalue weighted by molar-refractivity contribution is -0.123. The van der Waals surface area contributed by atoms with Crippen LogP contribution in [0.3, 0.4) is 0 Å². The first-order valence-electron chi connectivity index (χ1n) is 12.9. The summed E-state index contributed by atoms with van der Waals surface area (Å²) in [6.45, 7) is 7.18. The molecule has 1 amide bonds. The van der Waals surface area contributed by atoms with Gasteiger partial charge in [-0.15, -0.1) is 0 Å². The van der Waals surface area contributed by atoms with Gasteiger partial charge in [-0.1, -0.05) is 42.5 Å². The number of rotatable bonds is 9. The van der Waals surface area contributed by atoms with Gasteiger partial charge >= 0.3 is 5.69 Å². The van der Waals surface area contributed by atoms with Crippen molar-refractivity contribution >= 4 is 11.7 Å². The zero-order chi connectivity index (χ0) is 26.5. The quantitative estimate of drug-likeness (QED) is 0.449. The molecule has 1 aliphatic rings. The van der Waals surface area contributed by atoms with Gasteiger partial charge in [0.2, 0.25) is 0 Å².